The van der Waals surface area contributed by atoms with Gasteiger partial charge in [0.15, 0.2) is 0 Å². The molecule has 0 radical (unpaired) electrons. The second-order valence-corrected chi connectivity index (χ2v) is 4.23. The molecule has 0 bridgehead atoms. The fourth-order valence-electron chi connectivity index (χ4n) is 1.01. The first kappa shape index (κ1) is 11.0. The average Bonchev–Trinajstić information content (AvgIpc) is 2.06. The molecule has 0 aliphatic heterocycles. The predicted octanol–water partition coefficient (Wildman–Crippen LogP) is 2.81. The van der Waals surface area contributed by atoms with Gasteiger partial charge in [-0.1, -0.05) is 11.6 Å². The molecular formula is C9H11BrClNO. The standard InChI is InChI=1S/C9H11BrClNO/c1-6(13)2-3-7-4-9(11)12-5-8(7)10/h4-6,13H,2-3H2,1H3/t6-/m1/s1. The Labute approximate surface area is 91.1 Å². The van der Waals surface area contributed by atoms with E-state index >= 15 is 0 Å². The summed E-state index contributed by atoms with van der Waals surface area (Å²) in [5.41, 5.74) is 1.08. The fraction of sp³-hybridized carbons (Fsp3) is 0.444. The van der Waals surface area contributed by atoms with Gasteiger partial charge >= 0.3 is 0 Å². The van der Waals surface area contributed by atoms with Crippen LogP contribution in [-0.4, -0.2) is 16.2 Å². The van der Waals surface area contributed by atoms with Gasteiger partial charge in [-0.05, 0) is 47.3 Å². The van der Waals surface area contributed by atoms with Crippen molar-refractivity contribution in [3.05, 3.63) is 27.5 Å². The van der Waals surface area contributed by atoms with Crippen LogP contribution in [0, 0.1) is 0 Å². The quantitative estimate of drug-likeness (QED) is 0.852. The van der Waals surface area contributed by atoms with Crippen LogP contribution in [0.5, 0.6) is 0 Å². The maximum Gasteiger partial charge on any atom is 0.129 e. The molecule has 1 heterocycles. The van der Waals surface area contributed by atoms with Crippen molar-refractivity contribution in [1.29, 1.82) is 0 Å². The highest BCUT2D eigenvalue weighted by molar-refractivity contribution is 9.10. The third-order valence-electron chi connectivity index (χ3n) is 1.73. The van der Waals surface area contributed by atoms with Gasteiger partial charge in [0, 0.05) is 10.7 Å². The van der Waals surface area contributed by atoms with Crippen molar-refractivity contribution in [1.82, 2.24) is 4.98 Å². The molecule has 0 spiro atoms. The molecule has 4 heteroatoms. The summed E-state index contributed by atoms with van der Waals surface area (Å²) >= 11 is 9.12. The molecule has 0 amide bonds. The summed E-state index contributed by atoms with van der Waals surface area (Å²) in [6, 6.07) is 1.81. The first-order chi connectivity index (χ1) is 6.09. The van der Waals surface area contributed by atoms with Gasteiger partial charge < -0.3 is 5.11 Å². The highest BCUT2D eigenvalue weighted by Gasteiger charge is 2.03. The van der Waals surface area contributed by atoms with Crippen LogP contribution in [0.2, 0.25) is 5.15 Å². The topological polar surface area (TPSA) is 33.1 Å². The van der Waals surface area contributed by atoms with Crippen LogP contribution < -0.4 is 0 Å². The highest BCUT2D eigenvalue weighted by atomic mass is 79.9. The van der Waals surface area contributed by atoms with Crippen LogP contribution in [0.25, 0.3) is 0 Å². The highest BCUT2D eigenvalue weighted by Crippen LogP contribution is 2.20. The summed E-state index contributed by atoms with van der Waals surface area (Å²) in [5, 5.41) is 9.60. The normalized spacial score (nSPS) is 12.9. The molecule has 0 unspecified atom stereocenters. The molecule has 0 aliphatic carbocycles. The second-order valence-electron chi connectivity index (χ2n) is 2.99. The molecule has 2 nitrogen and oxygen atoms in total. The number of hydrogen-bond donors (Lipinski definition) is 1. The van der Waals surface area contributed by atoms with E-state index in [-0.39, 0.29) is 6.10 Å². The van der Waals surface area contributed by atoms with E-state index < -0.39 is 0 Å². The van der Waals surface area contributed by atoms with Crippen molar-refractivity contribution < 1.29 is 5.11 Å². The molecule has 13 heavy (non-hydrogen) atoms. The van der Waals surface area contributed by atoms with Gasteiger partial charge in [-0.2, -0.15) is 0 Å². The van der Waals surface area contributed by atoms with Crippen molar-refractivity contribution in [2.45, 2.75) is 25.9 Å². The molecule has 72 valence electrons. The lowest BCUT2D eigenvalue weighted by Gasteiger charge is -2.06. The predicted molar refractivity (Wildman–Crippen MR) is 56.9 cm³/mol. The van der Waals surface area contributed by atoms with Gasteiger partial charge in [0.25, 0.3) is 0 Å². The minimum Gasteiger partial charge on any atom is -0.393 e. The van der Waals surface area contributed by atoms with Crippen molar-refractivity contribution >= 4 is 27.5 Å². The second kappa shape index (κ2) is 4.94. The number of nitrogens with zero attached hydrogens (tertiary/aromatic N) is 1. The number of aryl methyl sites for hydroxylation is 1. The van der Waals surface area contributed by atoms with Crippen LogP contribution in [0.4, 0.5) is 0 Å². The molecule has 1 atom stereocenters. The van der Waals surface area contributed by atoms with Crippen molar-refractivity contribution in [3.8, 4) is 0 Å². The Morgan fingerprint density at radius 1 is 1.69 bits per heavy atom. The Morgan fingerprint density at radius 2 is 2.38 bits per heavy atom. The molecule has 0 aromatic carbocycles. The Bertz CT molecular complexity index is 291. The zero-order valence-electron chi connectivity index (χ0n) is 7.30. The van der Waals surface area contributed by atoms with Gasteiger partial charge in [0.2, 0.25) is 0 Å². The van der Waals surface area contributed by atoms with Crippen LogP contribution in [0.3, 0.4) is 0 Å². The molecule has 1 N–H and O–H groups in total. The number of aliphatic hydroxyl groups is 1. The molecule has 1 aromatic heterocycles. The molecular weight excluding hydrogens is 253 g/mol. The van der Waals surface area contributed by atoms with E-state index in [1.165, 1.54) is 0 Å². The molecule has 1 rings (SSSR count). The van der Waals surface area contributed by atoms with Gasteiger partial charge in [-0.15, -0.1) is 0 Å². The van der Waals surface area contributed by atoms with Crippen molar-refractivity contribution in [2.75, 3.05) is 0 Å². The number of pyridine rings is 1. The molecule has 0 saturated heterocycles. The van der Waals surface area contributed by atoms with E-state index in [4.69, 9.17) is 16.7 Å². The van der Waals surface area contributed by atoms with Gasteiger partial charge in [0.05, 0.1) is 6.10 Å². The summed E-state index contributed by atoms with van der Waals surface area (Å²) in [6.07, 6.45) is 2.94. The summed E-state index contributed by atoms with van der Waals surface area (Å²) in [5.74, 6) is 0. The van der Waals surface area contributed by atoms with E-state index in [0.29, 0.717) is 5.15 Å². The SMILES string of the molecule is C[C@@H](O)CCc1cc(Cl)ncc1Br. The van der Waals surface area contributed by atoms with Crippen LogP contribution in [0.15, 0.2) is 16.7 Å². The van der Waals surface area contributed by atoms with E-state index in [2.05, 4.69) is 20.9 Å². The molecule has 0 fully saturated rings. The lowest BCUT2D eigenvalue weighted by atomic mass is 10.1. The van der Waals surface area contributed by atoms with Gasteiger partial charge in [0.1, 0.15) is 5.15 Å². The number of rotatable bonds is 3. The maximum absolute atomic E-state index is 9.11. The lowest BCUT2D eigenvalue weighted by Crippen LogP contribution is -2.02. The first-order valence-corrected chi connectivity index (χ1v) is 5.24. The number of aromatic nitrogens is 1. The van der Waals surface area contributed by atoms with Gasteiger partial charge in [-0.25, -0.2) is 4.98 Å². The number of halogens is 2. The van der Waals surface area contributed by atoms with E-state index in [1.807, 2.05) is 6.07 Å². The third kappa shape index (κ3) is 3.63. The summed E-state index contributed by atoms with van der Waals surface area (Å²) in [6.45, 7) is 1.77. The van der Waals surface area contributed by atoms with E-state index in [1.54, 1.807) is 13.1 Å². The van der Waals surface area contributed by atoms with E-state index in [0.717, 1.165) is 22.9 Å². The van der Waals surface area contributed by atoms with Crippen LogP contribution >= 0.6 is 27.5 Å². The maximum atomic E-state index is 9.11. The molecule has 1 aromatic rings. The molecule has 0 aliphatic rings. The van der Waals surface area contributed by atoms with Crippen LogP contribution in [-0.2, 0) is 6.42 Å². The van der Waals surface area contributed by atoms with Crippen LogP contribution in [0.1, 0.15) is 18.9 Å². The number of hydrogen-bond acceptors (Lipinski definition) is 2. The Morgan fingerprint density at radius 3 is 3.00 bits per heavy atom. The lowest BCUT2D eigenvalue weighted by molar-refractivity contribution is 0.185. The van der Waals surface area contributed by atoms with Gasteiger partial charge in [-0.3, -0.25) is 0 Å². The fourth-order valence-corrected chi connectivity index (χ4v) is 1.60. The number of aliphatic hydroxyl groups excluding tert-OH is 1. The minimum absolute atomic E-state index is 0.279. The minimum atomic E-state index is -0.279. The Kier molecular flexibility index (Phi) is 4.16. The van der Waals surface area contributed by atoms with Crippen molar-refractivity contribution in [2.24, 2.45) is 0 Å². The third-order valence-corrected chi connectivity index (χ3v) is 2.65. The summed E-state index contributed by atoms with van der Waals surface area (Å²) in [7, 11) is 0. The largest absolute Gasteiger partial charge is 0.393 e. The zero-order valence-corrected chi connectivity index (χ0v) is 9.64. The van der Waals surface area contributed by atoms with Crippen molar-refractivity contribution in [3.63, 3.8) is 0 Å². The first-order valence-electron chi connectivity index (χ1n) is 4.07. The smallest absolute Gasteiger partial charge is 0.129 e. The average molecular weight is 265 g/mol. The van der Waals surface area contributed by atoms with E-state index in [9.17, 15) is 0 Å². The monoisotopic (exact) mass is 263 g/mol. The molecule has 0 saturated carbocycles. The zero-order chi connectivity index (χ0) is 9.84. The Balaban J connectivity index is 2.70. The summed E-state index contributed by atoms with van der Waals surface area (Å²) in [4.78, 5) is 3.92. The summed E-state index contributed by atoms with van der Waals surface area (Å²) < 4.78 is 0.942. The Hall–Kier alpha value is -0.120.